The number of hydrogen-bond acceptors (Lipinski definition) is 2. The lowest BCUT2D eigenvalue weighted by molar-refractivity contribution is 0.465. The van der Waals surface area contributed by atoms with E-state index in [4.69, 9.17) is 11.6 Å². The molecule has 2 aromatic rings. The summed E-state index contributed by atoms with van der Waals surface area (Å²) in [6.07, 6.45) is 2.07. The molecule has 2 aromatic carbocycles. The van der Waals surface area contributed by atoms with Gasteiger partial charge in [0, 0.05) is 24.2 Å². The van der Waals surface area contributed by atoms with Gasteiger partial charge in [0.25, 0.3) is 0 Å². The Labute approximate surface area is 122 Å². The van der Waals surface area contributed by atoms with Gasteiger partial charge in [-0.05, 0) is 30.0 Å². The van der Waals surface area contributed by atoms with E-state index in [0.717, 1.165) is 18.9 Å². The summed E-state index contributed by atoms with van der Waals surface area (Å²) in [4.78, 5) is 0. The van der Waals surface area contributed by atoms with Crippen molar-refractivity contribution in [3.63, 3.8) is 0 Å². The summed E-state index contributed by atoms with van der Waals surface area (Å²) < 4.78 is 13.7. The van der Waals surface area contributed by atoms with Crippen LogP contribution in [0.15, 0.2) is 36.4 Å². The van der Waals surface area contributed by atoms with Crippen molar-refractivity contribution in [2.75, 3.05) is 0 Å². The van der Waals surface area contributed by atoms with Crippen LogP contribution in [0.1, 0.15) is 29.2 Å². The van der Waals surface area contributed by atoms with Crippen LogP contribution in [0.3, 0.4) is 0 Å². The molecule has 0 saturated carbocycles. The average Bonchev–Trinajstić information content (AvgIpc) is 2.85. The largest absolute Gasteiger partial charge is 0.506 e. The van der Waals surface area contributed by atoms with Crippen molar-refractivity contribution < 1.29 is 9.50 Å². The van der Waals surface area contributed by atoms with Crippen molar-refractivity contribution in [3.05, 3.63) is 63.9 Å². The van der Waals surface area contributed by atoms with Crippen LogP contribution in [-0.2, 0) is 13.0 Å². The standard InChI is InChI=1S/C16H15ClFNO/c17-13-7-11(14(18)8-16(13)20)9-19-15-6-5-10-3-1-2-4-12(10)15/h1-4,7-8,15,19-20H,5-6,9H2. The van der Waals surface area contributed by atoms with Gasteiger partial charge in [-0.15, -0.1) is 0 Å². The first-order chi connectivity index (χ1) is 9.65. The average molecular weight is 292 g/mol. The summed E-state index contributed by atoms with van der Waals surface area (Å²) in [7, 11) is 0. The number of aromatic hydroxyl groups is 1. The zero-order valence-electron chi connectivity index (χ0n) is 10.9. The fraction of sp³-hybridized carbons (Fsp3) is 0.250. The van der Waals surface area contributed by atoms with Crippen LogP contribution in [0.25, 0.3) is 0 Å². The molecule has 0 amide bonds. The predicted octanol–water partition coefficient (Wildman–Crippen LogP) is 3.96. The molecule has 2 N–H and O–H groups in total. The molecule has 0 aliphatic heterocycles. The molecule has 3 rings (SSSR count). The second-order valence-electron chi connectivity index (χ2n) is 5.07. The third kappa shape index (κ3) is 2.51. The molecule has 104 valence electrons. The van der Waals surface area contributed by atoms with E-state index in [1.54, 1.807) is 0 Å². The topological polar surface area (TPSA) is 32.3 Å². The van der Waals surface area contributed by atoms with Crippen molar-refractivity contribution in [2.24, 2.45) is 0 Å². The normalized spacial score (nSPS) is 17.2. The molecule has 0 heterocycles. The lowest BCUT2D eigenvalue weighted by atomic mass is 10.1. The fourth-order valence-electron chi connectivity index (χ4n) is 2.72. The Bertz CT molecular complexity index is 644. The zero-order chi connectivity index (χ0) is 14.1. The molecule has 0 fully saturated rings. The van der Waals surface area contributed by atoms with Gasteiger partial charge < -0.3 is 10.4 Å². The Morgan fingerprint density at radius 3 is 2.95 bits per heavy atom. The Morgan fingerprint density at radius 2 is 2.10 bits per heavy atom. The molecule has 0 aromatic heterocycles. The molecule has 0 bridgehead atoms. The monoisotopic (exact) mass is 291 g/mol. The molecule has 1 aliphatic rings. The van der Waals surface area contributed by atoms with Gasteiger partial charge in [0.05, 0.1) is 5.02 Å². The predicted molar refractivity (Wildman–Crippen MR) is 77.4 cm³/mol. The van der Waals surface area contributed by atoms with Gasteiger partial charge in [0.2, 0.25) is 0 Å². The lowest BCUT2D eigenvalue weighted by Crippen LogP contribution is -2.19. The summed E-state index contributed by atoms with van der Waals surface area (Å²) in [6.45, 7) is 0.394. The minimum Gasteiger partial charge on any atom is -0.506 e. The third-order valence-electron chi connectivity index (χ3n) is 3.79. The molecule has 1 unspecified atom stereocenters. The Kier molecular flexibility index (Phi) is 3.64. The van der Waals surface area contributed by atoms with Crippen molar-refractivity contribution >= 4 is 11.6 Å². The van der Waals surface area contributed by atoms with Crippen LogP contribution < -0.4 is 5.32 Å². The highest BCUT2D eigenvalue weighted by molar-refractivity contribution is 6.32. The highest BCUT2D eigenvalue weighted by atomic mass is 35.5. The Hall–Kier alpha value is -1.58. The molecular weight excluding hydrogens is 277 g/mol. The first-order valence-electron chi connectivity index (χ1n) is 6.63. The SMILES string of the molecule is Oc1cc(F)c(CNC2CCc3ccccc32)cc1Cl. The van der Waals surface area contributed by atoms with E-state index >= 15 is 0 Å². The summed E-state index contributed by atoms with van der Waals surface area (Å²) in [5, 5.41) is 12.9. The lowest BCUT2D eigenvalue weighted by Gasteiger charge is -2.15. The third-order valence-corrected chi connectivity index (χ3v) is 4.09. The van der Waals surface area contributed by atoms with Crippen molar-refractivity contribution in [2.45, 2.75) is 25.4 Å². The van der Waals surface area contributed by atoms with Gasteiger partial charge in [-0.1, -0.05) is 35.9 Å². The van der Waals surface area contributed by atoms with Crippen LogP contribution in [0.4, 0.5) is 4.39 Å². The molecular formula is C16H15ClFNO. The number of nitrogens with one attached hydrogen (secondary N) is 1. The summed E-state index contributed by atoms with van der Waals surface area (Å²) in [5.41, 5.74) is 3.11. The molecule has 20 heavy (non-hydrogen) atoms. The van der Waals surface area contributed by atoms with Gasteiger partial charge in [0.15, 0.2) is 0 Å². The highest BCUT2D eigenvalue weighted by Gasteiger charge is 2.21. The van der Waals surface area contributed by atoms with Gasteiger partial charge >= 0.3 is 0 Å². The molecule has 1 aliphatic carbocycles. The Morgan fingerprint density at radius 1 is 1.30 bits per heavy atom. The maximum absolute atomic E-state index is 13.7. The summed E-state index contributed by atoms with van der Waals surface area (Å²) >= 11 is 5.82. The quantitative estimate of drug-likeness (QED) is 0.897. The van der Waals surface area contributed by atoms with Crippen LogP contribution in [0, 0.1) is 5.82 Å². The Balaban J connectivity index is 1.74. The van der Waals surface area contributed by atoms with E-state index in [-0.39, 0.29) is 16.8 Å². The van der Waals surface area contributed by atoms with Crippen LogP contribution in [-0.4, -0.2) is 5.11 Å². The second-order valence-corrected chi connectivity index (χ2v) is 5.47. The minimum atomic E-state index is -0.439. The summed E-state index contributed by atoms with van der Waals surface area (Å²) in [5.74, 6) is -0.662. The first kappa shape index (κ1) is 13.4. The van der Waals surface area contributed by atoms with Gasteiger partial charge in [-0.2, -0.15) is 0 Å². The van der Waals surface area contributed by atoms with Crippen LogP contribution in [0.2, 0.25) is 5.02 Å². The fourth-order valence-corrected chi connectivity index (χ4v) is 2.90. The highest BCUT2D eigenvalue weighted by Crippen LogP contribution is 2.31. The smallest absolute Gasteiger partial charge is 0.137 e. The van der Waals surface area contributed by atoms with Crippen molar-refractivity contribution in [1.29, 1.82) is 0 Å². The molecule has 0 saturated heterocycles. The van der Waals surface area contributed by atoms with Crippen molar-refractivity contribution in [3.8, 4) is 5.75 Å². The number of fused-ring (bicyclic) bond motifs is 1. The number of hydrogen-bond donors (Lipinski definition) is 2. The van der Waals surface area contributed by atoms with Crippen LogP contribution >= 0.6 is 11.6 Å². The number of phenols is 1. The number of aryl methyl sites for hydroxylation is 1. The maximum Gasteiger partial charge on any atom is 0.137 e. The van der Waals surface area contributed by atoms with Gasteiger partial charge in [-0.3, -0.25) is 0 Å². The van der Waals surface area contributed by atoms with E-state index in [9.17, 15) is 9.50 Å². The maximum atomic E-state index is 13.7. The van der Waals surface area contributed by atoms with Crippen LogP contribution in [0.5, 0.6) is 5.75 Å². The van der Waals surface area contributed by atoms with Gasteiger partial charge in [-0.25, -0.2) is 4.39 Å². The molecule has 0 spiro atoms. The second kappa shape index (κ2) is 5.43. The number of phenolic OH excluding ortho intramolecular Hbond substituents is 1. The zero-order valence-corrected chi connectivity index (χ0v) is 11.6. The molecule has 4 heteroatoms. The van der Waals surface area contributed by atoms with E-state index in [2.05, 4.69) is 17.4 Å². The van der Waals surface area contributed by atoms with E-state index < -0.39 is 5.82 Å². The van der Waals surface area contributed by atoms with Gasteiger partial charge in [0.1, 0.15) is 11.6 Å². The first-order valence-corrected chi connectivity index (χ1v) is 7.01. The number of halogens is 2. The number of rotatable bonds is 3. The minimum absolute atomic E-state index is 0.176. The van der Waals surface area contributed by atoms with E-state index in [0.29, 0.717) is 12.1 Å². The molecule has 1 atom stereocenters. The van der Waals surface area contributed by atoms with E-state index in [1.165, 1.54) is 17.2 Å². The van der Waals surface area contributed by atoms with E-state index in [1.807, 2.05) is 12.1 Å². The van der Waals surface area contributed by atoms with Crippen molar-refractivity contribution in [1.82, 2.24) is 5.32 Å². The molecule has 0 radical (unpaired) electrons. The molecule has 2 nitrogen and oxygen atoms in total. The summed E-state index contributed by atoms with van der Waals surface area (Å²) in [6, 6.07) is 11.1. The number of benzene rings is 2.